The minimum atomic E-state index is -1.18. The molecule has 0 aromatic heterocycles. The monoisotopic (exact) mass is 332 g/mol. The van der Waals surface area contributed by atoms with E-state index in [4.69, 9.17) is 5.11 Å². The maximum Gasteiger partial charge on any atom is 0.335 e. The molecule has 0 aliphatic rings. The van der Waals surface area contributed by atoms with Crippen LogP contribution in [0.25, 0.3) is 21.9 Å². The van der Waals surface area contributed by atoms with Gasteiger partial charge in [-0.25, -0.2) is 18.0 Å². The van der Waals surface area contributed by atoms with Crippen molar-refractivity contribution >= 4 is 16.7 Å². The molecule has 0 aliphatic carbocycles. The Morgan fingerprint density at radius 1 is 1.04 bits per heavy atom. The van der Waals surface area contributed by atoms with Gasteiger partial charge in [0.15, 0.2) is 17.4 Å². The summed E-state index contributed by atoms with van der Waals surface area (Å²) in [6.45, 7) is 0. The maximum atomic E-state index is 14.5. The SMILES string of the molecule is COc1c(F)cc(F)c(-c2cccc3ccc(C(=O)O)cc23)c1F. The van der Waals surface area contributed by atoms with E-state index < -0.39 is 34.7 Å². The maximum absolute atomic E-state index is 14.5. The lowest BCUT2D eigenvalue weighted by Crippen LogP contribution is -2.00. The molecule has 3 aromatic rings. The van der Waals surface area contributed by atoms with Gasteiger partial charge in [-0.2, -0.15) is 0 Å². The first kappa shape index (κ1) is 15.9. The quantitative estimate of drug-likeness (QED) is 0.760. The lowest BCUT2D eigenvalue weighted by atomic mass is 9.95. The molecule has 0 unspecified atom stereocenters. The van der Waals surface area contributed by atoms with Gasteiger partial charge in [-0.1, -0.05) is 24.3 Å². The van der Waals surface area contributed by atoms with Crippen molar-refractivity contribution in [1.82, 2.24) is 0 Å². The molecule has 0 fully saturated rings. The molecule has 122 valence electrons. The Bertz CT molecular complexity index is 967. The molecule has 3 rings (SSSR count). The first-order valence-corrected chi connectivity index (χ1v) is 6.92. The zero-order valence-electron chi connectivity index (χ0n) is 12.4. The molecule has 3 nitrogen and oxygen atoms in total. The van der Waals surface area contributed by atoms with Crippen LogP contribution >= 0.6 is 0 Å². The predicted octanol–water partition coefficient (Wildman–Crippen LogP) is 4.63. The summed E-state index contributed by atoms with van der Waals surface area (Å²) < 4.78 is 47.1. The van der Waals surface area contributed by atoms with Crippen LogP contribution in [-0.2, 0) is 0 Å². The second-order valence-corrected chi connectivity index (χ2v) is 5.11. The van der Waals surface area contributed by atoms with Crippen LogP contribution in [0.5, 0.6) is 5.75 Å². The van der Waals surface area contributed by atoms with E-state index >= 15 is 0 Å². The van der Waals surface area contributed by atoms with Gasteiger partial charge in [0.1, 0.15) is 5.82 Å². The lowest BCUT2D eigenvalue weighted by molar-refractivity contribution is 0.0697. The molecule has 24 heavy (non-hydrogen) atoms. The number of ether oxygens (including phenoxy) is 1. The van der Waals surface area contributed by atoms with E-state index in [0.29, 0.717) is 16.8 Å². The number of carbonyl (C=O) groups is 1. The smallest absolute Gasteiger partial charge is 0.335 e. The van der Waals surface area contributed by atoms with E-state index in [1.54, 1.807) is 18.2 Å². The zero-order chi connectivity index (χ0) is 17.4. The van der Waals surface area contributed by atoms with Crippen LogP contribution < -0.4 is 4.74 Å². The molecule has 0 amide bonds. The van der Waals surface area contributed by atoms with Crippen molar-refractivity contribution in [2.75, 3.05) is 7.11 Å². The van der Waals surface area contributed by atoms with Gasteiger partial charge < -0.3 is 9.84 Å². The van der Waals surface area contributed by atoms with Gasteiger partial charge in [0.25, 0.3) is 0 Å². The minimum Gasteiger partial charge on any atom is -0.491 e. The van der Waals surface area contributed by atoms with Crippen molar-refractivity contribution < 1.29 is 27.8 Å². The number of rotatable bonds is 3. The summed E-state index contributed by atoms with van der Waals surface area (Å²) in [7, 11) is 1.08. The Balaban J connectivity index is 2.38. The van der Waals surface area contributed by atoms with Crippen molar-refractivity contribution in [1.29, 1.82) is 0 Å². The largest absolute Gasteiger partial charge is 0.491 e. The first-order chi connectivity index (χ1) is 11.4. The lowest BCUT2D eigenvalue weighted by Gasteiger charge is -2.13. The van der Waals surface area contributed by atoms with Gasteiger partial charge in [0.05, 0.1) is 18.2 Å². The fraction of sp³-hybridized carbons (Fsp3) is 0.0556. The normalized spacial score (nSPS) is 10.8. The standard InChI is InChI=1S/C18H11F3O3/c1-24-17-14(20)8-13(19)15(16(17)21)11-4-2-3-9-5-6-10(18(22)23)7-12(9)11/h2-8H,1H3,(H,22,23). The number of fused-ring (bicyclic) bond motifs is 1. The highest BCUT2D eigenvalue weighted by Crippen LogP contribution is 2.37. The summed E-state index contributed by atoms with van der Waals surface area (Å²) in [5.41, 5.74) is -0.380. The third-order valence-corrected chi connectivity index (χ3v) is 3.73. The van der Waals surface area contributed by atoms with E-state index in [-0.39, 0.29) is 11.1 Å². The predicted molar refractivity (Wildman–Crippen MR) is 82.8 cm³/mol. The van der Waals surface area contributed by atoms with Crippen molar-refractivity contribution in [3.05, 3.63) is 65.5 Å². The van der Waals surface area contributed by atoms with Gasteiger partial charge in [-0.05, 0) is 28.5 Å². The molecular weight excluding hydrogens is 321 g/mol. The van der Waals surface area contributed by atoms with Crippen LogP contribution in [0.1, 0.15) is 10.4 Å². The van der Waals surface area contributed by atoms with Crippen LogP contribution in [0.15, 0.2) is 42.5 Å². The number of methoxy groups -OCH3 is 1. The Labute approximate surface area is 134 Å². The van der Waals surface area contributed by atoms with Crippen LogP contribution in [0.2, 0.25) is 0 Å². The van der Waals surface area contributed by atoms with Gasteiger partial charge in [0.2, 0.25) is 0 Å². The molecule has 3 aromatic carbocycles. The fourth-order valence-corrected chi connectivity index (χ4v) is 2.63. The van der Waals surface area contributed by atoms with E-state index in [9.17, 15) is 18.0 Å². The van der Waals surface area contributed by atoms with Crippen molar-refractivity contribution in [2.45, 2.75) is 0 Å². The minimum absolute atomic E-state index is 0.0233. The summed E-state index contributed by atoms with van der Waals surface area (Å²) in [5.74, 6) is -5.29. The number of carboxylic acids is 1. The molecule has 0 atom stereocenters. The van der Waals surface area contributed by atoms with Gasteiger partial charge in [-0.15, -0.1) is 0 Å². The molecule has 0 radical (unpaired) electrons. The molecule has 6 heteroatoms. The third-order valence-electron chi connectivity index (χ3n) is 3.73. The summed E-state index contributed by atoms with van der Waals surface area (Å²) >= 11 is 0. The number of hydrogen-bond donors (Lipinski definition) is 1. The Hall–Kier alpha value is -3.02. The highest BCUT2D eigenvalue weighted by atomic mass is 19.1. The number of halogens is 3. The topological polar surface area (TPSA) is 46.5 Å². The number of aromatic carboxylic acids is 1. The summed E-state index contributed by atoms with van der Waals surface area (Å²) in [6.07, 6.45) is 0. The van der Waals surface area contributed by atoms with Crippen LogP contribution in [0.4, 0.5) is 13.2 Å². The van der Waals surface area contributed by atoms with E-state index in [2.05, 4.69) is 4.74 Å². The Kier molecular flexibility index (Phi) is 3.89. The summed E-state index contributed by atoms with van der Waals surface area (Å²) in [6, 6.07) is 9.49. The second-order valence-electron chi connectivity index (χ2n) is 5.11. The van der Waals surface area contributed by atoms with E-state index in [1.807, 2.05) is 0 Å². The average Bonchev–Trinajstić information content (AvgIpc) is 2.54. The molecule has 0 bridgehead atoms. The van der Waals surface area contributed by atoms with Crippen molar-refractivity contribution in [3.63, 3.8) is 0 Å². The van der Waals surface area contributed by atoms with Crippen LogP contribution in [0.3, 0.4) is 0 Å². The summed E-state index contributed by atoms with van der Waals surface area (Å²) in [5, 5.41) is 10.0. The average molecular weight is 332 g/mol. The highest BCUT2D eigenvalue weighted by Gasteiger charge is 2.22. The first-order valence-electron chi connectivity index (χ1n) is 6.92. The fourth-order valence-electron chi connectivity index (χ4n) is 2.63. The van der Waals surface area contributed by atoms with Crippen molar-refractivity contribution in [3.8, 4) is 16.9 Å². The molecule has 0 saturated heterocycles. The number of benzene rings is 3. The van der Waals surface area contributed by atoms with Gasteiger partial charge in [-0.3, -0.25) is 0 Å². The number of hydrogen-bond acceptors (Lipinski definition) is 2. The van der Waals surface area contributed by atoms with Crippen molar-refractivity contribution in [2.24, 2.45) is 0 Å². The van der Waals surface area contributed by atoms with E-state index in [0.717, 1.165) is 7.11 Å². The van der Waals surface area contributed by atoms with Crippen LogP contribution in [-0.4, -0.2) is 18.2 Å². The Morgan fingerprint density at radius 2 is 1.79 bits per heavy atom. The summed E-state index contributed by atoms with van der Waals surface area (Å²) in [4.78, 5) is 11.2. The van der Waals surface area contributed by atoms with Gasteiger partial charge in [0, 0.05) is 6.07 Å². The molecule has 0 aliphatic heterocycles. The van der Waals surface area contributed by atoms with E-state index in [1.165, 1.54) is 18.2 Å². The zero-order valence-corrected chi connectivity index (χ0v) is 12.4. The molecule has 0 spiro atoms. The molecule has 1 N–H and O–H groups in total. The highest BCUT2D eigenvalue weighted by molar-refractivity contribution is 6.01. The van der Waals surface area contributed by atoms with Crippen LogP contribution in [0, 0.1) is 17.5 Å². The third kappa shape index (κ3) is 2.46. The Morgan fingerprint density at radius 3 is 2.46 bits per heavy atom. The molecular formula is C18H11F3O3. The number of carboxylic acid groups (broad SMARTS) is 1. The molecule has 0 heterocycles. The second kappa shape index (κ2) is 5.88. The van der Waals surface area contributed by atoms with Gasteiger partial charge >= 0.3 is 5.97 Å². The molecule has 0 saturated carbocycles.